The third-order valence-electron chi connectivity index (χ3n) is 3.15. The first-order valence-electron chi connectivity index (χ1n) is 6.63. The van der Waals surface area contributed by atoms with Crippen molar-refractivity contribution in [3.63, 3.8) is 0 Å². The molecule has 1 N–H and O–H groups in total. The average molecular weight is 268 g/mol. The summed E-state index contributed by atoms with van der Waals surface area (Å²) in [6.07, 6.45) is 5.98. The van der Waals surface area contributed by atoms with Crippen molar-refractivity contribution in [2.24, 2.45) is 0 Å². The van der Waals surface area contributed by atoms with Gasteiger partial charge in [-0.15, -0.1) is 0 Å². The number of furan rings is 1. The van der Waals surface area contributed by atoms with Crippen molar-refractivity contribution in [1.29, 1.82) is 0 Å². The molecule has 3 rings (SSSR count). The van der Waals surface area contributed by atoms with Gasteiger partial charge in [-0.3, -0.25) is 0 Å². The molecule has 0 aliphatic heterocycles. The summed E-state index contributed by atoms with van der Waals surface area (Å²) in [5.41, 5.74) is 1.98. The van der Waals surface area contributed by atoms with Crippen LogP contribution in [-0.2, 0) is 0 Å². The molecule has 0 saturated carbocycles. The number of nitrogens with zero attached hydrogens (tertiary/aromatic N) is 3. The molecule has 2 heterocycles. The lowest BCUT2D eigenvalue weighted by atomic mass is 10.1. The number of rotatable bonds is 5. The van der Waals surface area contributed by atoms with Crippen LogP contribution >= 0.6 is 0 Å². The number of benzene rings is 1. The van der Waals surface area contributed by atoms with Crippen LogP contribution in [0.25, 0.3) is 5.69 Å². The van der Waals surface area contributed by atoms with Crippen LogP contribution in [0.15, 0.2) is 59.5 Å². The van der Waals surface area contributed by atoms with Gasteiger partial charge in [0.15, 0.2) is 0 Å². The lowest BCUT2D eigenvalue weighted by molar-refractivity contribution is 0.474. The maximum absolute atomic E-state index is 5.45. The van der Waals surface area contributed by atoms with Crippen molar-refractivity contribution in [2.75, 3.05) is 5.32 Å². The van der Waals surface area contributed by atoms with E-state index in [1.165, 1.54) is 0 Å². The van der Waals surface area contributed by atoms with E-state index in [1.54, 1.807) is 23.5 Å². The van der Waals surface area contributed by atoms with Crippen molar-refractivity contribution >= 4 is 5.69 Å². The monoisotopic (exact) mass is 268 g/mol. The van der Waals surface area contributed by atoms with Crippen LogP contribution in [-0.4, -0.2) is 15.0 Å². The molecule has 0 bridgehead atoms. The minimum Gasteiger partial charge on any atom is -0.467 e. The SMILES string of the molecule is CCC(Nc1ccc(-n2nccn2)cc1)c1ccco1. The average Bonchev–Trinajstić information content (AvgIpc) is 3.18. The van der Waals surface area contributed by atoms with Crippen LogP contribution in [0.4, 0.5) is 5.69 Å². The minimum absolute atomic E-state index is 0.179. The van der Waals surface area contributed by atoms with Crippen molar-refractivity contribution in [3.05, 3.63) is 60.8 Å². The summed E-state index contributed by atoms with van der Waals surface area (Å²) >= 11 is 0. The summed E-state index contributed by atoms with van der Waals surface area (Å²) in [6, 6.07) is 12.1. The van der Waals surface area contributed by atoms with Crippen molar-refractivity contribution in [3.8, 4) is 5.69 Å². The predicted octanol–water partition coefficient (Wildman–Crippen LogP) is 3.42. The quantitative estimate of drug-likeness (QED) is 0.770. The van der Waals surface area contributed by atoms with Crippen LogP contribution in [0.2, 0.25) is 0 Å². The van der Waals surface area contributed by atoms with Gasteiger partial charge in [0.2, 0.25) is 0 Å². The van der Waals surface area contributed by atoms with Gasteiger partial charge >= 0.3 is 0 Å². The minimum atomic E-state index is 0.179. The van der Waals surface area contributed by atoms with Gasteiger partial charge in [-0.25, -0.2) is 0 Å². The van der Waals surface area contributed by atoms with E-state index in [2.05, 4.69) is 22.4 Å². The Hall–Kier alpha value is -2.56. The van der Waals surface area contributed by atoms with Gasteiger partial charge < -0.3 is 9.73 Å². The van der Waals surface area contributed by atoms with Crippen molar-refractivity contribution < 1.29 is 4.42 Å². The molecule has 0 fully saturated rings. The molecule has 102 valence electrons. The van der Waals surface area contributed by atoms with Gasteiger partial charge in [-0.2, -0.15) is 15.0 Å². The molecule has 0 amide bonds. The maximum Gasteiger partial charge on any atom is 0.125 e. The first-order valence-corrected chi connectivity index (χ1v) is 6.63. The normalized spacial score (nSPS) is 12.2. The van der Waals surface area contributed by atoms with E-state index in [0.717, 1.165) is 23.6 Å². The number of nitrogens with one attached hydrogen (secondary N) is 1. The molecule has 1 unspecified atom stereocenters. The summed E-state index contributed by atoms with van der Waals surface area (Å²) in [5.74, 6) is 0.949. The van der Waals surface area contributed by atoms with E-state index >= 15 is 0 Å². The van der Waals surface area contributed by atoms with E-state index in [1.807, 2.05) is 36.4 Å². The first-order chi connectivity index (χ1) is 9.86. The number of hydrogen-bond donors (Lipinski definition) is 1. The highest BCUT2D eigenvalue weighted by Gasteiger charge is 2.11. The maximum atomic E-state index is 5.45. The third kappa shape index (κ3) is 2.56. The smallest absolute Gasteiger partial charge is 0.125 e. The zero-order chi connectivity index (χ0) is 13.8. The van der Waals surface area contributed by atoms with Gasteiger partial charge in [0.25, 0.3) is 0 Å². The standard InChI is InChI=1S/C15H16N4O/c1-2-14(15-4-3-11-20-15)18-12-5-7-13(8-6-12)19-16-9-10-17-19/h3-11,14,18H,2H2,1H3. The van der Waals surface area contributed by atoms with Gasteiger partial charge in [-0.1, -0.05) is 6.92 Å². The van der Waals surface area contributed by atoms with Gasteiger partial charge in [0.1, 0.15) is 5.76 Å². The predicted molar refractivity (Wildman–Crippen MR) is 76.7 cm³/mol. The largest absolute Gasteiger partial charge is 0.467 e. The molecule has 2 aromatic heterocycles. The van der Waals surface area contributed by atoms with Gasteiger partial charge in [0.05, 0.1) is 30.4 Å². The summed E-state index contributed by atoms with van der Waals surface area (Å²) in [6.45, 7) is 2.13. The summed E-state index contributed by atoms with van der Waals surface area (Å²) < 4.78 is 5.45. The topological polar surface area (TPSA) is 55.9 Å². The Morgan fingerprint density at radius 1 is 1.15 bits per heavy atom. The molecule has 0 spiro atoms. The fourth-order valence-electron chi connectivity index (χ4n) is 2.11. The molecule has 0 saturated heterocycles. The molecule has 0 aliphatic rings. The molecule has 5 heteroatoms. The molecule has 0 radical (unpaired) electrons. The second-order valence-corrected chi connectivity index (χ2v) is 4.49. The highest BCUT2D eigenvalue weighted by molar-refractivity contribution is 5.49. The van der Waals surface area contributed by atoms with Gasteiger partial charge in [-0.05, 0) is 42.8 Å². The summed E-state index contributed by atoms with van der Waals surface area (Å²) in [7, 11) is 0. The fourth-order valence-corrected chi connectivity index (χ4v) is 2.11. The van der Waals surface area contributed by atoms with Crippen LogP contribution in [0, 0.1) is 0 Å². The Labute approximate surface area is 117 Å². The molecule has 5 nitrogen and oxygen atoms in total. The Morgan fingerprint density at radius 3 is 2.50 bits per heavy atom. The Bertz CT molecular complexity index is 629. The lowest BCUT2D eigenvalue weighted by Gasteiger charge is -2.16. The zero-order valence-corrected chi connectivity index (χ0v) is 11.2. The van der Waals surface area contributed by atoms with E-state index < -0.39 is 0 Å². The highest BCUT2D eigenvalue weighted by atomic mass is 16.3. The van der Waals surface area contributed by atoms with E-state index in [4.69, 9.17) is 4.42 Å². The van der Waals surface area contributed by atoms with Crippen LogP contribution in [0.3, 0.4) is 0 Å². The van der Waals surface area contributed by atoms with E-state index in [9.17, 15) is 0 Å². The lowest BCUT2D eigenvalue weighted by Crippen LogP contribution is -2.08. The molecule has 3 aromatic rings. The Morgan fingerprint density at radius 2 is 1.90 bits per heavy atom. The third-order valence-corrected chi connectivity index (χ3v) is 3.15. The van der Waals surface area contributed by atoms with Crippen molar-refractivity contribution in [1.82, 2.24) is 15.0 Å². The summed E-state index contributed by atoms with van der Waals surface area (Å²) in [4.78, 5) is 1.59. The molecule has 1 aromatic carbocycles. The van der Waals surface area contributed by atoms with Crippen LogP contribution < -0.4 is 5.32 Å². The second-order valence-electron chi connectivity index (χ2n) is 4.49. The highest BCUT2D eigenvalue weighted by Crippen LogP contribution is 2.23. The number of hydrogen-bond acceptors (Lipinski definition) is 4. The second kappa shape index (κ2) is 5.61. The Kier molecular flexibility index (Phi) is 3.50. The van der Waals surface area contributed by atoms with Crippen molar-refractivity contribution in [2.45, 2.75) is 19.4 Å². The van der Waals surface area contributed by atoms with Crippen LogP contribution in [0.5, 0.6) is 0 Å². The van der Waals surface area contributed by atoms with E-state index in [-0.39, 0.29) is 6.04 Å². The first kappa shape index (κ1) is 12.5. The van der Waals surface area contributed by atoms with E-state index in [0.29, 0.717) is 0 Å². The summed E-state index contributed by atoms with van der Waals surface area (Å²) in [5, 5.41) is 11.7. The molecule has 0 aliphatic carbocycles. The van der Waals surface area contributed by atoms with Crippen LogP contribution in [0.1, 0.15) is 25.1 Å². The Balaban J connectivity index is 1.75. The fraction of sp³-hybridized carbons (Fsp3) is 0.200. The number of anilines is 1. The molecular formula is C15H16N4O. The van der Waals surface area contributed by atoms with Gasteiger partial charge in [0, 0.05) is 5.69 Å². The molecule has 20 heavy (non-hydrogen) atoms. The molecular weight excluding hydrogens is 252 g/mol. The number of aromatic nitrogens is 3. The zero-order valence-electron chi connectivity index (χ0n) is 11.2. The molecule has 1 atom stereocenters.